The summed E-state index contributed by atoms with van der Waals surface area (Å²) in [4.78, 5) is 17.3. The molecular formula is C19H16ClN5O. The fourth-order valence-electron chi connectivity index (χ4n) is 3.06. The Kier molecular flexibility index (Phi) is 4.18. The van der Waals surface area contributed by atoms with Gasteiger partial charge in [0.05, 0.1) is 5.57 Å². The average molecular weight is 366 g/mol. The van der Waals surface area contributed by atoms with Crippen LogP contribution >= 0.6 is 11.6 Å². The second-order valence-electron chi connectivity index (χ2n) is 5.97. The molecule has 1 amide bonds. The molecule has 6 nitrogen and oxygen atoms in total. The Hall–Kier alpha value is -3.12. The number of anilines is 2. The molecule has 2 heterocycles. The fourth-order valence-corrected chi connectivity index (χ4v) is 3.18. The molecule has 0 saturated heterocycles. The third kappa shape index (κ3) is 2.95. The number of halogens is 1. The van der Waals surface area contributed by atoms with Crippen LogP contribution in [0.5, 0.6) is 0 Å². The van der Waals surface area contributed by atoms with E-state index in [0.29, 0.717) is 16.5 Å². The van der Waals surface area contributed by atoms with Crippen LogP contribution in [0, 0.1) is 0 Å². The van der Waals surface area contributed by atoms with E-state index in [0.717, 1.165) is 16.9 Å². The molecule has 1 aliphatic heterocycles. The van der Waals surface area contributed by atoms with Gasteiger partial charge >= 0.3 is 0 Å². The van der Waals surface area contributed by atoms with Gasteiger partial charge in [0.2, 0.25) is 5.95 Å². The average Bonchev–Trinajstić information content (AvgIpc) is 3.10. The highest BCUT2D eigenvalue weighted by Crippen LogP contribution is 2.35. The van der Waals surface area contributed by atoms with Crippen LogP contribution in [0.1, 0.15) is 18.5 Å². The molecule has 2 N–H and O–H groups in total. The third-order valence-corrected chi connectivity index (χ3v) is 4.51. The van der Waals surface area contributed by atoms with Gasteiger partial charge in [0.1, 0.15) is 12.4 Å². The number of carbonyl (C=O) groups is 1. The van der Waals surface area contributed by atoms with E-state index < -0.39 is 6.04 Å². The van der Waals surface area contributed by atoms with Crippen LogP contribution in [-0.4, -0.2) is 20.7 Å². The van der Waals surface area contributed by atoms with E-state index in [9.17, 15) is 4.79 Å². The van der Waals surface area contributed by atoms with E-state index in [-0.39, 0.29) is 5.91 Å². The van der Waals surface area contributed by atoms with Crippen LogP contribution in [0.25, 0.3) is 0 Å². The normalized spacial score (nSPS) is 16.0. The zero-order chi connectivity index (χ0) is 18.1. The van der Waals surface area contributed by atoms with Crippen molar-refractivity contribution in [3.8, 4) is 0 Å². The Balaban J connectivity index is 1.77. The number of rotatable bonds is 3. The molecule has 0 radical (unpaired) electrons. The summed E-state index contributed by atoms with van der Waals surface area (Å²) in [6.45, 7) is 1.86. The molecule has 0 fully saturated rings. The summed E-state index contributed by atoms with van der Waals surface area (Å²) < 4.78 is 1.70. The summed E-state index contributed by atoms with van der Waals surface area (Å²) in [5.74, 6) is 0.404. The fraction of sp³-hybridized carbons (Fsp3) is 0.105. The van der Waals surface area contributed by atoms with E-state index in [2.05, 4.69) is 20.7 Å². The number of nitrogens with one attached hydrogen (secondary N) is 2. The first kappa shape index (κ1) is 16.4. The van der Waals surface area contributed by atoms with Gasteiger partial charge in [-0.3, -0.25) is 4.79 Å². The highest BCUT2D eigenvalue weighted by molar-refractivity contribution is 6.30. The molecule has 0 aliphatic carbocycles. The monoisotopic (exact) mass is 365 g/mol. The lowest BCUT2D eigenvalue weighted by Crippen LogP contribution is -2.31. The molecule has 7 heteroatoms. The van der Waals surface area contributed by atoms with Crippen LogP contribution < -0.4 is 10.6 Å². The minimum absolute atomic E-state index is 0.192. The van der Waals surface area contributed by atoms with E-state index in [1.54, 1.807) is 16.8 Å². The van der Waals surface area contributed by atoms with E-state index >= 15 is 0 Å². The first-order valence-corrected chi connectivity index (χ1v) is 8.50. The Morgan fingerprint density at radius 1 is 1.15 bits per heavy atom. The van der Waals surface area contributed by atoms with E-state index in [1.165, 1.54) is 6.33 Å². The maximum atomic E-state index is 13.1. The molecule has 1 unspecified atom stereocenters. The number of hydrogen-bond donors (Lipinski definition) is 2. The molecule has 0 bridgehead atoms. The molecule has 130 valence electrons. The first-order chi connectivity index (χ1) is 12.6. The van der Waals surface area contributed by atoms with Gasteiger partial charge in [-0.1, -0.05) is 41.9 Å². The van der Waals surface area contributed by atoms with Crippen LogP contribution in [0.4, 0.5) is 11.6 Å². The number of benzene rings is 2. The number of hydrogen-bond acceptors (Lipinski definition) is 4. The quantitative estimate of drug-likeness (QED) is 0.739. The van der Waals surface area contributed by atoms with Crippen LogP contribution in [0.3, 0.4) is 0 Å². The first-order valence-electron chi connectivity index (χ1n) is 8.12. The number of amides is 1. The highest BCUT2D eigenvalue weighted by atomic mass is 35.5. The number of fused-ring (bicyclic) bond motifs is 1. The van der Waals surface area contributed by atoms with Gasteiger partial charge in [-0.2, -0.15) is 10.1 Å². The second-order valence-corrected chi connectivity index (χ2v) is 6.40. The molecule has 0 saturated carbocycles. The highest BCUT2D eigenvalue weighted by Gasteiger charge is 2.33. The summed E-state index contributed by atoms with van der Waals surface area (Å²) in [5, 5.41) is 11.0. The number of carbonyl (C=O) groups excluding carboxylic acids is 1. The Morgan fingerprint density at radius 3 is 2.62 bits per heavy atom. The zero-order valence-corrected chi connectivity index (χ0v) is 14.7. The summed E-state index contributed by atoms with van der Waals surface area (Å²) in [6.07, 6.45) is 1.47. The molecule has 1 atom stereocenters. The van der Waals surface area contributed by atoms with Gasteiger partial charge in [-0.05, 0) is 36.8 Å². The number of para-hydroxylation sites is 1. The maximum absolute atomic E-state index is 13.1. The largest absolute Gasteiger partial charge is 0.328 e. The van der Waals surface area contributed by atoms with Crippen LogP contribution in [0.2, 0.25) is 5.02 Å². The summed E-state index contributed by atoms with van der Waals surface area (Å²) in [5.41, 5.74) is 2.95. The molecular weight excluding hydrogens is 350 g/mol. The standard InChI is InChI=1S/C19H16ClN5O/c1-12-16(18(26)24-15-5-3-2-4-6-15)17(13-7-9-14(20)10-8-13)25-19(23-12)21-11-22-25/h2-11,17H,1H3,(H,24,26)(H,21,22,23). The predicted octanol–water partition coefficient (Wildman–Crippen LogP) is 3.86. The van der Waals surface area contributed by atoms with Crippen molar-refractivity contribution in [3.63, 3.8) is 0 Å². The van der Waals surface area contributed by atoms with Gasteiger partial charge in [0.25, 0.3) is 5.91 Å². The van der Waals surface area contributed by atoms with Crippen molar-refractivity contribution in [2.45, 2.75) is 13.0 Å². The van der Waals surface area contributed by atoms with Crippen molar-refractivity contribution < 1.29 is 4.79 Å². The van der Waals surface area contributed by atoms with Crippen molar-refractivity contribution in [2.75, 3.05) is 10.6 Å². The number of aromatic nitrogens is 3. The molecule has 0 spiro atoms. The number of nitrogens with zero attached hydrogens (tertiary/aromatic N) is 3. The molecule has 3 aromatic rings. The zero-order valence-electron chi connectivity index (χ0n) is 14.0. The Morgan fingerprint density at radius 2 is 1.88 bits per heavy atom. The van der Waals surface area contributed by atoms with Crippen molar-refractivity contribution in [3.05, 3.63) is 82.8 Å². The van der Waals surface area contributed by atoms with Gasteiger partial charge < -0.3 is 10.6 Å². The van der Waals surface area contributed by atoms with E-state index in [1.807, 2.05) is 49.4 Å². The minimum atomic E-state index is -0.394. The lowest BCUT2D eigenvalue weighted by atomic mass is 9.95. The van der Waals surface area contributed by atoms with Crippen LogP contribution in [-0.2, 0) is 4.79 Å². The number of allylic oxidation sites excluding steroid dienone is 1. The SMILES string of the molecule is CC1=C(C(=O)Nc2ccccc2)C(c2ccc(Cl)cc2)n2ncnc2N1. The minimum Gasteiger partial charge on any atom is -0.328 e. The lowest BCUT2D eigenvalue weighted by Gasteiger charge is -2.28. The topological polar surface area (TPSA) is 71.8 Å². The summed E-state index contributed by atoms with van der Waals surface area (Å²) >= 11 is 6.03. The van der Waals surface area contributed by atoms with Gasteiger partial charge in [0.15, 0.2) is 0 Å². The predicted molar refractivity (Wildman–Crippen MR) is 101 cm³/mol. The molecule has 1 aliphatic rings. The molecule has 4 rings (SSSR count). The van der Waals surface area contributed by atoms with Crippen molar-refractivity contribution in [1.82, 2.24) is 14.8 Å². The van der Waals surface area contributed by atoms with E-state index in [4.69, 9.17) is 11.6 Å². The van der Waals surface area contributed by atoms with Crippen molar-refractivity contribution in [2.24, 2.45) is 0 Å². The summed E-state index contributed by atoms with van der Waals surface area (Å²) in [7, 11) is 0. The van der Waals surface area contributed by atoms with Gasteiger partial charge in [-0.25, -0.2) is 4.68 Å². The van der Waals surface area contributed by atoms with Gasteiger partial charge in [0, 0.05) is 16.4 Å². The van der Waals surface area contributed by atoms with Crippen molar-refractivity contribution >= 4 is 29.1 Å². The summed E-state index contributed by atoms with van der Waals surface area (Å²) in [6, 6.07) is 16.4. The molecule has 2 aromatic carbocycles. The Labute approximate surface area is 155 Å². The Bertz CT molecular complexity index is 979. The van der Waals surface area contributed by atoms with Crippen molar-refractivity contribution in [1.29, 1.82) is 0 Å². The van der Waals surface area contributed by atoms with Gasteiger partial charge in [-0.15, -0.1) is 0 Å². The molecule has 1 aromatic heterocycles. The third-order valence-electron chi connectivity index (χ3n) is 4.26. The van der Waals surface area contributed by atoms with Crippen LogP contribution in [0.15, 0.2) is 72.2 Å². The molecule has 26 heavy (non-hydrogen) atoms. The smallest absolute Gasteiger partial charge is 0.255 e. The lowest BCUT2D eigenvalue weighted by molar-refractivity contribution is -0.113. The maximum Gasteiger partial charge on any atom is 0.255 e. The second kappa shape index (κ2) is 6.65.